The standard InChI is InChI=1S/C14H18N2O5/c1-14(21-6-12(17)18)7-16(8-14)13(19)10-4-3-9(15)5-11(10)20-2/h3-5H,6-8,15H2,1-2H3,(H,17,18). The SMILES string of the molecule is COc1cc(N)ccc1C(=O)N1CC(C)(OCC(=O)O)C1. The average Bonchev–Trinajstić information content (AvgIpc) is 2.41. The number of nitrogens with zero attached hydrogens (tertiary/aromatic N) is 1. The van der Waals surface area contributed by atoms with Gasteiger partial charge in [-0.05, 0) is 19.1 Å². The van der Waals surface area contributed by atoms with Gasteiger partial charge in [0, 0.05) is 11.8 Å². The molecule has 0 spiro atoms. The molecule has 0 unspecified atom stereocenters. The van der Waals surface area contributed by atoms with Crippen LogP contribution in [0.4, 0.5) is 5.69 Å². The monoisotopic (exact) mass is 294 g/mol. The van der Waals surface area contributed by atoms with Gasteiger partial charge in [-0.3, -0.25) is 4.79 Å². The number of carboxylic acid groups (broad SMARTS) is 1. The molecule has 3 N–H and O–H groups in total. The van der Waals surface area contributed by atoms with Crippen molar-refractivity contribution in [2.75, 3.05) is 32.5 Å². The number of aliphatic carboxylic acids is 1. The van der Waals surface area contributed by atoms with Crippen LogP contribution in [0, 0.1) is 0 Å². The molecule has 0 bridgehead atoms. The summed E-state index contributed by atoms with van der Waals surface area (Å²) in [6.45, 7) is 2.09. The Balaban J connectivity index is 2.02. The molecule has 21 heavy (non-hydrogen) atoms. The van der Waals surface area contributed by atoms with Crippen LogP contribution in [0.2, 0.25) is 0 Å². The minimum absolute atomic E-state index is 0.191. The molecule has 2 rings (SSSR count). The Morgan fingerprint density at radius 3 is 2.67 bits per heavy atom. The van der Waals surface area contributed by atoms with Gasteiger partial charge in [-0.2, -0.15) is 0 Å². The zero-order chi connectivity index (χ0) is 15.6. The van der Waals surface area contributed by atoms with E-state index in [9.17, 15) is 9.59 Å². The van der Waals surface area contributed by atoms with E-state index in [1.165, 1.54) is 7.11 Å². The highest BCUT2D eigenvalue weighted by molar-refractivity contribution is 5.98. The molecule has 0 saturated carbocycles. The molecule has 1 fully saturated rings. The number of carboxylic acids is 1. The predicted octanol–water partition coefficient (Wildman–Crippen LogP) is 0.593. The van der Waals surface area contributed by atoms with E-state index in [1.54, 1.807) is 30.0 Å². The van der Waals surface area contributed by atoms with Crippen LogP contribution in [0.3, 0.4) is 0 Å². The van der Waals surface area contributed by atoms with Crippen molar-refractivity contribution in [1.29, 1.82) is 0 Å². The van der Waals surface area contributed by atoms with Crippen molar-refractivity contribution in [3.05, 3.63) is 23.8 Å². The second kappa shape index (κ2) is 5.61. The van der Waals surface area contributed by atoms with E-state index in [-0.39, 0.29) is 12.5 Å². The highest BCUT2D eigenvalue weighted by atomic mass is 16.5. The van der Waals surface area contributed by atoms with Crippen molar-refractivity contribution >= 4 is 17.6 Å². The first-order valence-corrected chi connectivity index (χ1v) is 6.43. The Morgan fingerprint density at radius 1 is 1.43 bits per heavy atom. The predicted molar refractivity (Wildman–Crippen MR) is 75.3 cm³/mol. The molecule has 1 saturated heterocycles. The summed E-state index contributed by atoms with van der Waals surface area (Å²) in [4.78, 5) is 24.5. The summed E-state index contributed by atoms with van der Waals surface area (Å²) in [6, 6.07) is 4.84. The molecular weight excluding hydrogens is 276 g/mol. The fourth-order valence-electron chi connectivity index (χ4n) is 2.29. The number of nitrogen functional groups attached to an aromatic ring is 1. The van der Waals surface area contributed by atoms with Crippen LogP contribution in [-0.4, -0.2) is 54.3 Å². The van der Waals surface area contributed by atoms with E-state index in [4.69, 9.17) is 20.3 Å². The summed E-state index contributed by atoms with van der Waals surface area (Å²) >= 11 is 0. The van der Waals surface area contributed by atoms with E-state index >= 15 is 0 Å². The highest BCUT2D eigenvalue weighted by Gasteiger charge is 2.43. The van der Waals surface area contributed by atoms with E-state index in [0.29, 0.717) is 30.1 Å². The van der Waals surface area contributed by atoms with Crippen molar-refractivity contribution in [2.24, 2.45) is 0 Å². The number of likely N-dealkylation sites (tertiary alicyclic amines) is 1. The van der Waals surface area contributed by atoms with Gasteiger partial charge < -0.3 is 25.2 Å². The lowest BCUT2D eigenvalue weighted by molar-refractivity contribution is -0.159. The highest BCUT2D eigenvalue weighted by Crippen LogP contribution is 2.29. The number of rotatable bonds is 5. The molecule has 1 aliphatic rings. The van der Waals surface area contributed by atoms with Crippen LogP contribution in [-0.2, 0) is 9.53 Å². The summed E-state index contributed by atoms with van der Waals surface area (Å²) in [5.74, 6) is -0.801. The molecule has 0 radical (unpaired) electrons. The second-order valence-electron chi connectivity index (χ2n) is 5.25. The van der Waals surface area contributed by atoms with Crippen molar-refractivity contribution in [3.8, 4) is 5.75 Å². The Hall–Kier alpha value is -2.28. The van der Waals surface area contributed by atoms with Crippen LogP contribution in [0.25, 0.3) is 0 Å². The number of hydrogen-bond donors (Lipinski definition) is 2. The Morgan fingerprint density at radius 2 is 2.10 bits per heavy atom. The maximum atomic E-state index is 12.4. The second-order valence-corrected chi connectivity index (χ2v) is 5.25. The zero-order valence-corrected chi connectivity index (χ0v) is 12.0. The van der Waals surface area contributed by atoms with Crippen molar-refractivity contribution in [3.63, 3.8) is 0 Å². The third kappa shape index (κ3) is 3.25. The van der Waals surface area contributed by atoms with Gasteiger partial charge in [0.1, 0.15) is 18.0 Å². The Kier molecular flexibility index (Phi) is 4.04. The molecule has 0 aliphatic carbocycles. The van der Waals surface area contributed by atoms with Gasteiger partial charge in [0.25, 0.3) is 5.91 Å². The fourth-order valence-corrected chi connectivity index (χ4v) is 2.29. The van der Waals surface area contributed by atoms with Gasteiger partial charge in [-0.1, -0.05) is 0 Å². The Labute approximate surface area is 122 Å². The van der Waals surface area contributed by atoms with Crippen LogP contribution < -0.4 is 10.5 Å². The third-order valence-corrected chi connectivity index (χ3v) is 3.34. The summed E-state index contributed by atoms with van der Waals surface area (Å²) in [5, 5.41) is 8.61. The van der Waals surface area contributed by atoms with Crippen LogP contribution in [0.1, 0.15) is 17.3 Å². The first kappa shape index (κ1) is 15.1. The van der Waals surface area contributed by atoms with E-state index in [2.05, 4.69) is 0 Å². The fraction of sp³-hybridized carbons (Fsp3) is 0.429. The Bertz CT molecular complexity index is 566. The number of carbonyl (C=O) groups is 2. The van der Waals surface area contributed by atoms with E-state index in [1.807, 2.05) is 0 Å². The zero-order valence-electron chi connectivity index (χ0n) is 12.0. The topological polar surface area (TPSA) is 102 Å². The smallest absolute Gasteiger partial charge is 0.329 e. The van der Waals surface area contributed by atoms with E-state index in [0.717, 1.165) is 0 Å². The summed E-state index contributed by atoms with van der Waals surface area (Å²) in [5.41, 5.74) is 5.98. The van der Waals surface area contributed by atoms with Crippen molar-refractivity contribution in [1.82, 2.24) is 4.90 Å². The van der Waals surface area contributed by atoms with Crippen LogP contribution in [0.5, 0.6) is 5.75 Å². The van der Waals surface area contributed by atoms with Crippen molar-refractivity contribution in [2.45, 2.75) is 12.5 Å². The number of nitrogens with two attached hydrogens (primary N) is 1. The minimum Gasteiger partial charge on any atom is -0.496 e. The molecular formula is C14H18N2O5. The minimum atomic E-state index is -1.03. The van der Waals surface area contributed by atoms with Gasteiger partial charge in [-0.15, -0.1) is 0 Å². The largest absolute Gasteiger partial charge is 0.496 e. The van der Waals surface area contributed by atoms with Gasteiger partial charge in [0.05, 0.1) is 25.8 Å². The number of benzene rings is 1. The molecule has 114 valence electrons. The lowest BCUT2D eigenvalue weighted by Crippen LogP contribution is -2.63. The van der Waals surface area contributed by atoms with E-state index < -0.39 is 11.6 Å². The number of carbonyl (C=O) groups excluding carboxylic acids is 1. The number of ether oxygens (including phenoxy) is 2. The normalized spacial score (nSPS) is 16.2. The van der Waals surface area contributed by atoms with Crippen LogP contribution >= 0.6 is 0 Å². The van der Waals surface area contributed by atoms with Gasteiger partial charge in [0.15, 0.2) is 0 Å². The maximum Gasteiger partial charge on any atom is 0.329 e. The molecule has 1 heterocycles. The lowest BCUT2D eigenvalue weighted by atomic mass is 9.95. The lowest BCUT2D eigenvalue weighted by Gasteiger charge is -2.47. The molecule has 0 aromatic heterocycles. The molecule has 0 atom stereocenters. The average molecular weight is 294 g/mol. The quantitative estimate of drug-likeness (QED) is 0.771. The van der Waals surface area contributed by atoms with Gasteiger partial charge in [0.2, 0.25) is 0 Å². The number of anilines is 1. The number of methoxy groups -OCH3 is 1. The van der Waals surface area contributed by atoms with Crippen LogP contribution in [0.15, 0.2) is 18.2 Å². The number of amides is 1. The molecule has 1 aromatic rings. The number of hydrogen-bond acceptors (Lipinski definition) is 5. The molecule has 7 nitrogen and oxygen atoms in total. The maximum absolute atomic E-state index is 12.4. The first-order chi connectivity index (χ1) is 9.84. The molecule has 1 aliphatic heterocycles. The van der Waals surface area contributed by atoms with Crippen molar-refractivity contribution < 1.29 is 24.2 Å². The van der Waals surface area contributed by atoms with Gasteiger partial charge >= 0.3 is 5.97 Å². The molecule has 1 amide bonds. The summed E-state index contributed by atoms with van der Waals surface area (Å²) < 4.78 is 10.4. The van der Waals surface area contributed by atoms with Gasteiger partial charge in [-0.25, -0.2) is 4.79 Å². The summed E-state index contributed by atoms with van der Waals surface area (Å²) in [6.07, 6.45) is 0. The first-order valence-electron chi connectivity index (χ1n) is 6.43. The summed E-state index contributed by atoms with van der Waals surface area (Å²) in [7, 11) is 1.47. The molecule has 7 heteroatoms. The molecule has 1 aromatic carbocycles. The third-order valence-electron chi connectivity index (χ3n) is 3.34.